The Morgan fingerprint density at radius 1 is 0.667 bits per heavy atom. The van der Waals surface area contributed by atoms with Crippen LogP contribution < -0.4 is 0 Å². The molecule has 0 amide bonds. The third-order valence-electron chi connectivity index (χ3n) is 10.2. The van der Waals surface area contributed by atoms with E-state index < -0.39 is 47.8 Å². The number of para-hydroxylation sites is 1. The zero-order chi connectivity index (χ0) is 46.3. The first-order chi connectivity index (χ1) is 30.1. The second kappa shape index (κ2) is 15.4. The standard InChI is InChI=1S/C52H48N3O.Pt/c1-33-26-34(2)49(56)44(27-33)50-54-48-42(20-15-21-47(48)55(50)46-23-22-40(51(3,4)5)32-43(46)36-18-13-10-14-19-36)38-28-39(30-41(29-38)52(6,7)8)45-31-37(24-25-53-45)35-16-11-9-12-17-35;/h9-27,29-32,56H,1-8H3;/q-1;/i9D,11D,12D,16D,17D,24D,25D,31D;. The van der Waals surface area contributed by atoms with Gasteiger partial charge in [-0.3, -0.25) is 9.55 Å². The fourth-order valence-corrected chi connectivity index (χ4v) is 7.14. The number of hydrogen-bond acceptors (Lipinski definition) is 3. The van der Waals surface area contributed by atoms with E-state index in [0.29, 0.717) is 39.2 Å². The van der Waals surface area contributed by atoms with Gasteiger partial charge in [-0.25, -0.2) is 4.98 Å². The molecule has 0 spiro atoms. The first kappa shape index (κ1) is 30.6. The van der Waals surface area contributed by atoms with Gasteiger partial charge in [0.05, 0.1) is 33.3 Å². The molecule has 0 atom stereocenters. The summed E-state index contributed by atoms with van der Waals surface area (Å²) in [6.07, 6.45) is -0.519. The maximum atomic E-state index is 11.8. The van der Waals surface area contributed by atoms with Crippen LogP contribution in [0.4, 0.5) is 0 Å². The number of nitrogens with zero attached hydrogens (tertiary/aromatic N) is 3. The van der Waals surface area contributed by atoms with E-state index in [1.807, 2.05) is 74.5 Å². The van der Waals surface area contributed by atoms with Crippen molar-refractivity contribution in [3.8, 4) is 67.5 Å². The predicted octanol–water partition coefficient (Wildman–Crippen LogP) is 13.5. The molecule has 8 aromatic rings. The number of rotatable bonds is 6. The number of fused-ring (bicyclic) bond motifs is 1. The second-order valence-corrected chi connectivity index (χ2v) is 16.4. The zero-order valence-corrected chi connectivity index (χ0v) is 35.5. The third-order valence-corrected chi connectivity index (χ3v) is 10.2. The van der Waals surface area contributed by atoms with Crippen LogP contribution in [0.2, 0.25) is 0 Å². The number of pyridine rings is 1. The van der Waals surface area contributed by atoms with Gasteiger partial charge < -0.3 is 5.11 Å². The molecule has 0 bridgehead atoms. The Balaban J connectivity index is 0.00000630. The minimum atomic E-state index is -0.606. The molecule has 8 rings (SSSR count). The Morgan fingerprint density at radius 3 is 2.11 bits per heavy atom. The van der Waals surface area contributed by atoms with Crippen LogP contribution in [0.3, 0.4) is 0 Å². The molecule has 2 aromatic heterocycles. The SMILES string of the molecule is [2H]c1nc(-c2[c-]c(-c3cccc4c3nc(-c3cc(C)cc(C)c3O)n4-c3ccc(C(C)(C)C)cc3-c3ccccc3)cc(C(C)(C)C)c2)c([2H])c(-c2c([2H])c([2H])c([2H])c([2H])c2[2H])c1[2H].[Pt]. The van der Waals surface area contributed by atoms with Gasteiger partial charge in [0.2, 0.25) is 0 Å². The molecule has 0 fully saturated rings. The number of aromatic hydroxyl groups is 1. The zero-order valence-electron chi connectivity index (χ0n) is 41.3. The summed E-state index contributed by atoms with van der Waals surface area (Å²) in [6, 6.07) is 30.0. The summed E-state index contributed by atoms with van der Waals surface area (Å²) in [6.45, 7) is 16.6. The van der Waals surface area contributed by atoms with Gasteiger partial charge in [0.25, 0.3) is 0 Å². The number of hydrogen-bond donors (Lipinski definition) is 1. The van der Waals surface area contributed by atoms with Crippen molar-refractivity contribution in [2.45, 2.75) is 66.2 Å². The molecular formula is C52H48N3OPt-. The van der Waals surface area contributed by atoms with E-state index in [0.717, 1.165) is 39.0 Å². The summed E-state index contributed by atoms with van der Waals surface area (Å²) in [5, 5.41) is 11.8. The molecule has 6 aromatic carbocycles. The molecule has 0 aliphatic rings. The normalized spacial score (nSPS) is 13.8. The molecule has 0 aliphatic carbocycles. The molecule has 0 saturated carbocycles. The van der Waals surface area contributed by atoms with Crippen LogP contribution in [0.15, 0.2) is 139 Å². The van der Waals surface area contributed by atoms with Gasteiger partial charge in [0, 0.05) is 38.5 Å². The molecule has 5 heteroatoms. The number of aryl methyl sites for hydroxylation is 2. The maximum Gasteiger partial charge on any atom is 0.148 e. The number of phenolic OH excluding ortho intramolecular Hbond substituents is 1. The topological polar surface area (TPSA) is 50.9 Å². The van der Waals surface area contributed by atoms with Crippen molar-refractivity contribution in [2.24, 2.45) is 0 Å². The molecule has 0 radical (unpaired) electrons. The molecule has 288 valence electrons. The minimum Gasteiger partial charge on any atom is -0.507 e. The number of imidazole rings is 1. The van der Waals surface area contributed by atoms with E-state index in [1.165, 1.54) is 0 Å². The Morgan fingerprint density at radius 2 is 1.39 bits per heavy atom. The fourth-order valence-electron chi connectivity index (χ4n) is 7.14. The van der Waals surface area contributed by atoms with Crippen LogP contribution in [0.1, 0.15) is 74.8 Å². The van der Waals surface area contributed by atoms with E-state index in [2.05, 4.69) is 87.5 Å². The van der Waals surface area contributed by atoms with E-state index in [9.17, 15) is 6.48 Å². The van der Waals surface area contributed by atoms with Gasteiger partial charge in [0.1, 0.15) is 11.6 Å². The van der Waals surface area contributed by atoms with E-state index >= 15 is 0 Å². The number of aromatic nitrogens is 3. The van der Waals surface area contributed by atoms with Gasteiger partial charge in [-0.1, -0.05) is 144 Å². The van der Waals surface area contributed by atoms with E-state index in [-0.39, 0.29) is 55.1 Å². The van der Waals surface area contributed by atoms with Crippen molar-refractivity contribution < 1.29 is 37.1 Å². The summed E-state index contributed by atoms with van der Waals surface area (Å²) < 4.78 is 71.2. The molecule has 57 heavy (non-hydrogen) atoms. The molecular weight excluding hydrogens is 878 g/mol. The molecule has 2 heterocycles. The molecule has 0 saturated heterocycles. The maximum absolute atomic E-state index is 11.8. The molecule has 0 unspecified atom stereocenters. The summed E-state index contributed by atoms with van der Waals surface area (Å²) in [5.41, 5.74) is 8.86. The minimum absolute atomic E-state index is 0. The Kier molecular flexibility index (Phi) is 8.26. The van der Waals surface area contributed by atoms with Crippen molar-refractivity contribution >= 4 is 11.0 Å². The van der Waals surface area contributed by atoms with Gasteiger partial charge in [-0.05, 0) is 88.4 Å². The average molecular weight is 934 g/mol. The van der Waals surface area contributed by atoms with Crippen molar-refractivity contribution in [3.63, 3.8) is 0 Å². The van der Waals surface area contributed by atoms with Crippen LogP contribution in [0.25, 0.3) is 72.7 Å². The van der Waals surface area contributed by atoms with Crippen LogP contribution in [-0.4, -0.2) is 19.6 Å². The van der Waals surface area contributed by atoms with Gasteiger partial charge >= 0.3 is 0 Å². The summed E-state index contributed by atoms with van der Waals surface area (Å²) in [4.78, 5) is 9.82. The van der Waals surface area contributed by atoms with Crippen molar-refractivity contribution in [3.05, 3.63) is 168 Å². The summed E-state index contributed by atoms with van der Waals surface area (Å²) >= 11 is 0. The Bertz CT molecular complexity index is 3180. The Hall–Kier alpha value is -5.57. The van der Waals surface area contributed by atoms with Crippen molar-refractivity contribution in [1.29, 1.82) is 0 Å². The summed E-state index contributed by atoms with van der Waals surface area (Å²) in [5.74, 6) is 0.649. The van der Waals surface area contributed by atoms with E-state index in [1.54, 1.807) is 0 Å². The third kappa shape index (κ3) is 7.76. The summed E-state index contributed by atoms with van der Waals surface area (Å²) in [7, 11) is 0. The van der Waals surface area contributed by atoms with Crippen molar-refractivity contribution in [2.75, 3.05) is 0 Å². The van der Waals surface area contributed by atoms with Crippen molar-refractivity contribution in [1.82, 2.24) is 14.5 Å². The van der Waals surface area contributed by atoms with E-state index in [4.69, 9.17) is 14.6 Å². The second-order valence-electron chi connectivity index (χ2n) is 16.4. The van der Waals surface area contributed by atoms with Crippen LogP contribution in [0.5, 0.6) is 5.75 Å². The average Bonchev–Trinajstić information content (AvgIpc) is 3.64. The number of benzene rings is 6. The monoisotopic (exact) mass is 933 g/mol. The quantitative estimate of drug-likeness (QED) is 0.169. The first-order valence-corrected chi connectivity index (χ1v) is 18.7. The van der Waals surface area contributed by atoms with Gasteiger partial charge in [-0.15, -0.1) is 29.3 Å². The molecule has 0 aliphatic heterocycles. The van der Waals surface area contributed by atoms with Gasteiger partial charge in [-0.2, -0.15) is 0 Å². The van der Waals surface area contributed by atoms with Crippen LogP contribution >= 0.6 is 0 Å². The van der Waals surface area contributed by atoms with Crippen LogP contribution in [0, 0.1) is 19.9 Å². The predicted molar refractivity (Wildman–Crippen MR) is 233 cm³/mol. The largest absolute Gasteiger partial charge is 0.507 e. The fraction of sp³-hybridized carbons (Fsp3) is 0.192. The smallest absolute Gasteiger partial charge is 0.148 e. The van der Waals surface area contributed by atoms with Crippen LogP contribution in [-0.2, 0) is 31.9 Å². The molecule has 1 N–H and O–H groups in total. The Labute approximate surface area is 362 Å². The van der Waals surface area contributed by atoms with Gasteiger partial charge in [0.15, 0.2) is 0 Å². The first-order valence-electron chi connectivity index (χ1n) is 22.7. The molecule has 4 nitrogen and oxygen atoms in total. The number of phenols is 1.